The first-order valence-electron chi connectivity index (χ1n) is 6.44. The fourth-order valence-corrected chi connectivity index (χ4v) is 2.43. The monoisotopic (exact) mass is 233 g/mol. The van der Waals surface area contributed by atoms with Gasteiger partial charge in [-0.3, -0.25) is 15.3 Å². The van der Waals surface area contributed by atoms with Gasteiger partial charge in [-0.05, 0) is 18.4 Å². The highest BCUT2D eigenvalue weighted by molar-refractivity contribution is 5.14. The molecule has 3 nitrogen and oxygen atoms in total. The van der Waals surface area contributed by atoms with Crippen LogP contribution >= 0.6 is 0 Å². The van der Waals surface area contributed by atoms with Crippen molar-refractivity contribution in [1.82, 2.24) is 15.3 Å². The Labute approximate surface area is 104 Å². The first-order valence-corrected chi connectivity index (χ1v) is 6.44. The van der Waals surface area contributed by atoms with E-state index in [1.54, 1.807) is 0 Å². The largest absolute Gasteiger partial charge is 0.299 e. The van der Waals surface area contributed by atoms with Crippen LogP contribution in [0.4, 0.5) is 0 Å². The molecule has 1 N–H and O–H groups in total. The Balaban J connectivity index is 1.76. The second-order valence-corrected chi connectivity index (χ2v) is 5.06. The van der Waals surface area contributed by atoms with Crippen LogP contribution in [0.15, 0.2) is 30.3 Å². The van der Waals surface area contributed by atoms with Crippen molar-refractivity contribution in [2.24, 2.45) is 0 Å². The molecule has 0 unspecified atom stereocenters. The zero-order chi connectivity index (χ0) is 12.1. The molecule has 3 heteroatoms. The van der Waals surface area contributed by atoms with Gasteiger partial charge >= 0.3 is 0 Å². The van der Waals surface area contributed by atoms with E-state index < -0.39 is 0 Å². The molecular weight excluding hydrogens is 210 g/mol. The minimum Gasteiger partial charge on any atom is -0.299 e. The third-order valence-electron chi connectivity index (χ3n) is 3.28. The number of piperidine rings is 1. The quantitative estimate of drug-likeness (QED) is 0.799. The van der Waals surface area contributed by atoms with Gasteiger partial charge in [0, 0.05) is 39.8 Å². The van der Waals surface area contributed by atoms with Crippen molar-refractivity contribution in [3.8, 4) is 0 Å². The van der Waals surface area contributed by atoms with Crippen LogP contribution in [0.25, 0.3) is 0 Å². The first kappa shape index (κ1) is 12.6. The van der Waals surface area contributed by atoms with Gasteiger partial charge in [0.2, 0.25) is 0 Å². The van der Waals surface area contributed by atoms with Gasteiger partial charge in [-0.1, -0.05) is 30.3 Å². The van der Waals surface area contributed by atoms with Crippen molar-refractivity contribution in [2.75, 3.05) is 27.2 Å². The Hall–Kier alpha value is -0.900. The molecule has 1 heterocycles. The standard InChI is InChI=1S/C14H23N3/c1-16(2)15-14-8-10-17(11-9-14)12-13-6-4-3-5-7-13/h3-7,14-15H,8-12H2,1-2H3. The molecule has 17 heavy (non-hydrogen) atoms. The van der Waals surface area contributed by atoms with Gasteiger partial charge < -0.3 is 0 Å². The summed E-state index contributed by atoms with van der Waals surface area (Å²) >= 11 is 0. The molecule has 1 fully saturated rings. The van der Waals surface area contributed by atoms with Crippen LogP contribution < -0.4 is 5.43 Å². The van der Waals surface area contributed by atoms with Gasteiger partial charge in [-0.2, -0.15) is 0 Å². The van der Waals surface area contributed by atoms with Gasteiger partial charge in [0.15, 0.2) is 0 Å². The average Bonchev–Trinajstić information content (AvgIpc) is 2.32. The first-order chi connectivity index (χ1) is 8.24. The third kappa shape index (κ3) is 4.11. The molecule has 1 aliphatic heterocycles. The lowest BCUT2D eigenvalue weighted by molar-refractivity contribution is 0.144. The van der Waals surface area contributed by atoms with Gasteiger partial charge in [-0.25, -0.2) is 0 Å². The van der Waals surface area contributed by atoms with E-state index in [9.17, 15) is 0 Å². The zero-order valence-corrected chi connectivity index (χ0v) is 10.9. The molecule has 0 atom stereocenters. The molecule has 1 aromatic carbocycles. The smallest absolute Gasteiger partial charge is 0.0239 e. The van der Waals surface area contributed by atoms with E-state index in [2.05, 4.69) is 59.8 Å². The van der Waals surface area contributed by atoms with Gasteiger partial charge in [-0.15, -0.1) is 0 Å². The summed E-state index contributed by atoms with van der Waals surface area (Å²) in [6.45, 7) is 3.48. The topological polar surface area (TPSA) is 18.5 Å². The van der Waals surface area contributed by atoms with Crippen LogP contribution in [0, 0.1) is 0 Å². The summed E-state index contributed by atoms with van der Waals surface area (Å²) in [5.74, 6) is 0. The highest BCUT2D eigenvalue weighted by Gasteiger charge is 2.18. The number of nitrogens with zero attached hydrogens (tertiary/aromatic N) is 2. The highest BCUT2D eigenvalue weighted by Crippen LogP contribution is 2.13. The normalized spacial score (nSPS) is 18.8. The third-order valence-corrected chi connectivity index (χ3v) is 3.28. The maximum atomic E-state index is 3.47. The van der Waals surface area contributed by atoms with E-state index in [0.717, 1.165) is 6.54 Å². The Morgan fingerprint density at radius 3 is 2.41 bits per heavy atom. The van der Waals surface area contributed by atoms with E-state index >= 15 is 0 Å². The van der Waals surface area contributed by atoms with E-state index in [4.69, 9.17) is 0 Å². The Morgan fingerprint density at radius 2 is 1.82 bits per heavy atom. The minimum absolute atomic E-state index is 0.650. The molecule has 0 aromatic heterocycles. The molecule has 0 radical (unpaired) electrons. The summed E-state index contributed by atoms with van der Waals surface area (Å²) in [6.07, 6.45) is 2.48. The molecular formula is C14H23N3. The summed E-state index contributed by atoms with van der Waals surface area (Å²) in [6, 6.07) is 11.4. The maximum absolute atomic E-state index is 3.47. The van der Waals surface area contributed by atoms with Crippen LogP contribution in [-0.2, 0) is 6.54 Å². The van der Waals surface area contributed by atoms with Gasteiger partial charge in [0.1, 0.15) is 0 Å². The van der Waals surface area contributed by atoms with E-state index in [0.29, 0.717) is 6.04 Å². The highest BCUT2D eigenvalue weighted by atomic mass is 15.5. The fourth-order valence-electron chi connectivity index (χ4n) is 2.43. The van der Waals surface area contributed by atoms with E-state index in [1.165, 1.54) is 31.5 Å². The predicted molar refractivity (Wildman–Crippen MR) is 71.6 cm³/mol. The number of likely N-dealkylation sites (tertiary alicyclic amines) is 1. The second-order valence-electron chi connectivity index (χ2n) is 5.06. The van der Waals surface area contributed by atoms with Crippen LogP contribution in [0.1, 0.15) is 18.4 Å². The number of hydrogen-bond donors (Lipinski definition) is 1. The lowest BCUT2D eigenvalue weighted by Crippen LogP contribution is -2.46. The zero-order valence-electron chi connectivity index (χ0n) is 10.9. The van der Waals surface area contributed by atoms with E-state index in [1.807, 2.05) is 0 Å². The molecule has 1 aliphatic rings. The van der Waals surface area contributed by atoms with Crippen LogP contribution in [0.5, 0.6) is 0 Å². The molecule has 0 aliphatic carbocycles. The SMILES string of the molecule is CN(C)NC1CCN(Cc2ccccc2)CC1. The number of benzene rings is 1. The van der Waals surface area contributed by atoms with Crippen LogP contribution in [-0.4, -0.2) is 43.1 Å². The Kier molecular flexibility index (Phi) is 4.54. The molecule has 0 saturated carbocycles. The van der Waals surface area contributed by atoms with Crippen molar-refractivity contribution in [1.29, 1.82) is 0 Å². The summed E-state index contributed by atoms with van der Waals surface area (Å²) in [4.78, 5) is 2.54. The lowest BCUT2D eigenvalue weighted by atomic mass is 10.0. The summed E-state index contributed by atoms with van der Waals surface area (Å²) in [5.41, 5.74) is 4.90. The summed E-state index contributed by atoms with van der Waals surface area (Å²) in [7, 11) is 4.13. The second kappa shape index (κ2) is 6.15. The summed E-state index contributed by atoms with van der Waals surface area (Å²) in [5, 5.41) is 2.07. The van der Waals surface area contributed by atoms with Crippen molar-refractivity contribution in [2.45, 2.75) is 25.4 Å². The summed E-state index contributed by atoms with van der Waals surface area (Å²) < 4.78 is 0. The molecule has 2 rings (SSSR count). The maximum Gasteiger partial charge on any atom is 0.0239 e. The molecule has 0 spiro atoms. The lowest BCUT2D eigenvalue weighted by Gasteiger charge is -2.33. The molecule has 0 amide bonds. The number of hydrogen-bond acceptors (Lipinski definition) is 3. The number of nitrogens with one attached hydrogen (secondary N) is 1. The predicted octanol–water partition coefficient (Wildman–Crippen LogP) is 1.72. The Morgan fingerprint density at radius 1 is 1.18 bits per heavy atom. The van der Waals surface area contributed by atoms with Crippen molar-refractivity contribution in [3.05, 3.63) is 35.9 Å². The van der Waals surface area contributed by atoms with Gasteiger partial charge in [0.05, 0.1) is 0 Å². The average molecular weight is 233 g/mol. The van der Waals surface area contributed by atoms with E-state index in [-0.39, 0.29) is 0 Å². The van der Waals surface area contributed by atoms with Crippen LogP contribution in [0.2, 0.25) is 0 Å². The Bertz CT molecular complexity index is 315. The molecule has 94 valence electrons. The molecule has 1 saturated heterocycles. The number of hydrazine groups is 1. The van der Waals surface area contributed by atoms with Crippen molar-refractivity contribution >= 4 is 0 Å². The fraction of sp³-hybridized carbons (Fsp3) is 0.571. The molecule has 1 aromatic rings. The van der Waals surface area contributed by atoms with Crippen LogP contribution in [0.3, 0.4) is 0 Å². The minimum atomic E-state index is 0.650. The van der Waals surface area contributed by atoms with Gasteiger partial charge in [0.25, 0.3) is 0 Å². The van der Waals surface area contributed by atoms with Crippen molar-refractivity contribution < 1.29 is 0 Å². The molecule has 0 bridgehead atoms. The van der Waals surface area contributed by atoms with Crippen molar-refractivity contribution in [3.63, 3.8) is 0 Å². The number of rotatable bonds is 4.